The van der Waals surface area contributed by atoms with Crippen LogP contribution in [0.3, 0.4) is 0 Å². The Bertz CT molecular complexity index is 852. The van der Waals surface area contributed by atoms with E-state index in [1.807, 2.05) is 19.9 Å². The molecule has 0 heterocycles. The van der Waals surface area contributed by atoms with Gasteiger partial charge in [-0.15, -0.1) is 0 Å². The number of benzene rings is 3. The van der Waals surface area contributed by atoms with Crippen molar-refractivity contribution in [3.63, 3.8) is 0 Å². The van der Waals surface area contributed by atoms with E-state index in [9.17, 15) is 0 Å². The molecule has 3 aromatic carbocycles. The number of rotatable bonds is 5. The Morgan fingerprint density at radius 2 is 1.23 bits per heavy atom. The van der Waals surface area contributed by atoms with Gasteiger partial charge in [0.25, 0.3) is 0 Å². The molecule has 0 aromatic heterocycles. The highest BCUT2D eigenvalue weighted by Crippen LogP contribution is 2.39. The molecule has 0 fully saturated rings. The zero-order chi connectivity index (χ0) is 18.7. The standard InChI is InChI=1S/C23H23Cl2N/c1-4-26-23(18-8-6-5-7-9-18,19-12-10-16(2)21(24)14-19)20-13-11-17(3)22(25)15-20/h5-15,26H,4H2,1-3H3. The summed E-state index contributed by atoms with van der Waals surface area (Å²) in [5, 5.41) is 5.25. The lowest BCUT2D eigenvalue weighted by atomic mass is 9.76. The maximum atomic E-state index is 6.50. The van der Waals surface area contributed by atoms with Crippen LogP contribution in [0.1, 0.15) is 34.7 Å². The predicted octanol–water partition coefficient (Wildman–Crippen LogP) is 6.51. The molecule has 0 atom stereocenters. The summed E-state index contributed by atoms with van der Waals surface area (Å²) in [5.74, 6) is 0. The second-order valence-electron chi connectivity index (χ2n) is 6.57. The summed E-state index contributed by atoms with van der Waals surface area (Å²) >= 11 is 13.0. The molecule has 134 valence electrons. The average Bonchev–Trinajstić information content (AvgIpc) is 2.65. The fourth-order valence-corrected chi connectivity index (χ4v) is 3.77. The first-order valence-corrected chi connectivity index (χ1v) is 9.58. The Hall–Kier alpha value is -1.80. The second-order valence-corrected chi connectivity index (χ2v) is 7.39. The van der Waals surface area contributed by atoms with Crippen LogP contribution in [0.2, 0.25) is 10.0 Å². The van der Waals surface area contributed by atoms with E-state index in [-0.39, 0.29) is 0 Å². The first-order valence-electron chi connectivity index (χ1n) is 8.83. The van der Waals surface area contributed by atoms with E-state index in [1.165, 1.54) is 0 Å². The maximum Gasteiger partial charge on any atom is 0.0948 e. The van der Waals surface area contributed by atoms with Gasteiger partial charge in [0, 0.05) is 10.0 Å². The molecule has 0 radical (unpaired) electrons. The van der Waals surface area contributed by atoms with E-state index in [4.69, 9.17) is 23.2 Å². The van der Waals surface area contributed by atoms with Gasteiger partial charge in [-0.25, -0.2) is 0 Å². The summed E-state index contributed by atoms with van der Waals surface area (Å²) in [4.78, 5) is 0. The van der Waals surface area contributed by atoms with Crippen molar-refractivity contribution in [3.05, 3.63) is 105 Å². The average molecular weight is 384 g/mol. The smallest absolute Gasteiger partial charge is 0.0948 e. The molecule has 1 N–H and O–H groups in total. The first-order chi connectivity index (χ1) is 12.5. The van der Waals surface area contributed by atoms with Gasteiger partial charge in [-0.05, 0) is 60.3 Å². The van der Waals surface area contributed by atoms with Crippen LogP contribution in [0.15, 0.2) is 66.7 Å². The fourth-order valence-electron chi connectivity index (χ4n) is 3.41. The van der Waals surface area contributed by atoms with E-state index in [2.05, 4.69) is 72.9 Å². The Balaban J connectivity index is 2.35. The third kappa shape index (κ3) is 3.40. The molecule has 0 saturated carbocycles. The van der Waals surface area contributed by atoms with Gasteiger partial charge < -0.3 is 5.32 Å². The number of aryl methyl sites for hydroxylation is 2. The minimum atomic E-state index is -0.523. The minimum Gasteiger partial charge on any atom is -0.300 e. The van der Waals surface area contributed by atoms with Crippen LogP contribution >= 0.6 is 23.2 Å². The van der Waals surface area contributed by atoms with Gasteiger partial charge in [0.1, 0.15) is 0 Å². The summed E-state index contributed by atoms with van der Waals surface area (Å²) in [6.45, 7) is 6.95. The molecule has 0 spiro atoms. The van der Waals surface area contributed by atoms with Crippen LogP contribution in [-0.4, -0.2) is 6.54 Å². The molecule has 0 unspecified atom stereocenters. The van der Waals surface area contributed by atoms with Gasteiger partial charge in [0.2, 0.25) is 0 Å². The lowest BCUT2D eigenvalue weighted by molar-refractivity contribution is 0.488. The van der Waals surface area contributed by atoms with Gasteiger partial charge in [0.05, 0.1) is 5.54 Å². The summed E-state index contributed by atoms with van der Waals surface area (Å²) in [6, 6.07) is 23.0. The third-order valence-electron chi connectivity index (χ3n) is 4.86. The molecule has 1 nitrogen and oxygen atoms in total. The second kappa shape index (κ2) is 7.84. The van der Waals surface area contributed by atoms with Crippen molar-refractivity contribution in [2.45, 2.75) is 26.3 Å². The zero-order valence-corrected chi connectivity index (χ0v) is 16.8. The topological polar surface area (TPSA) is 12.0 Å². The molecule has 0 aliphatic rings. The van der Waals surface area contributed by atoms with Crippen molar-refractivity contribution in [2.75, 3.05) is 6.54 Å². The highest BCUT2D eigenvalue weighted by atomic mass is 35.5. The Labute approximate surface area is 166 Å². The summed E-state index contributed by atoms with van der Waals surface area (Å²) in [6.07, 6.45) is 0. The molecule has 0 aliphatic heterocycles. The van der Waals surface area contributed by atoms with Crippen molar-refractivity contribution in [1.82, 2.24) is 5.32 Å². The van der Waals surface area contributed by atoms with Gasteiger partial charge in [-0.2, -0.15) is 0 Å². The van der Waals surface area contributed by atoms with Crippen LogP contribution in [0.5, 0.6) is 0 Å². The number of halogens is 2. The number of hydrogen-bond donors (Lipinski definition) is 1. The Morgan fingerprint density at radius 1 is 0.731 bits per heavy atom. The maximum absolute atomic E-state index is 6.50. The number of hydrogen-bond acceptors (Lipinski definition) is 1. The molecule has 3 rings (SSSR count). The number of nitrogens with one attached hydrogen (secondary N) is 1. The predicted molar refractivity (Wildman–Crippen MR) is 112 cm³/mol. The summed E-state index contributed by atoms with van der Waals surface area (Å²) in [7, 11) is 0. The summed E-state index contributed by atoms with van der Waals surface area (Å²) in [5.41, 5.74) is 4.96. The minimum absolute atomic E-state index is 0.523. The first kappa shape index (κ1) is 19.0. The lowest BCUT2D eigenvalue weighted by Gasteiger charge is -2.37. The van der Waals surface area contributed by atoms with E-state index in [0.29, 0.717) is 0 Å². The van der Waals surface area contributed by atoms with E-state index < -0.39 is 5.54 Å². The van der Waals surface area contributed by atoms with Crippen molar-refractivity contribution >= 4 is 23.2 Å². The molecule has 3 aromatic rings. The molecule has 0 amide bonds. The third-order valence-corrected chi connectivity index (χ3v) is 5.67. The molecule has 0 aliphatic carbocycles. The van der Waals surface area contributed by atoms with Crippen LogP contribution in [0, 0.1) is 13.8 Å². The molecular formula is C23H23Cl2N. The zero-order valence-electron chi connectivity index (χ0n) is 15.3. The van der Waals surface area contributed by atoms with Gasteiger partial charge in [0.15, 0.2) is 0 Å². The molecule has 0 saturated heterocycles. The Kier molecular flexibility index (Phi) is 5.72. The van der Waals surface area contributed by atoms with Crippen molar-refractivity contribution in [3.8, 4) is 0 Å². The van der Waals surface area contributed by atoms with Gasteiger partial charge in [-0.1, -0.05) is 84.7 Å². The van der Waals surface area contributed by atoms with Crippen LogP contribution in [0.25, 0.3) is 0 Å². The molecule has 0 bridgehead atoms. The molecular weight excluding hydrogens is 361 g/mol. The van der Waals surface area contributed by atoms with Gasteiger partial charge in [-0.3, -0.25) is 0 Å². The lowest BCUT2D eigenvalue weighted by Crippen LogP contribution is -2.44. The molecule has 26 heavy (non-hydrogen) atoms. The van der Waals surface area contributed by atoms with E-state index in [0.717, 1.165) is 44.4 Å². The van der Waals surface area contributed by atoms with Crippen LogP contribution in [0.4, 0.5) is 0 Å². The van der Waals surface area contributed by atoms with Crippen molar-refractivity contribution < 1.29 is 0 Å². The Morgan fingerprint density at radius 3 is 1.65 bits per heavy atom. The SMILES string of the molecule is CCNC(c1ccccc1)(c1ccc(C)c(Cl)c1)c1ccc(C)c(Cl)c1. The quantitative estimate of drug-likeness (QED) is 0.495. The van der Waals surface area contributed by atoms with E-state index in [1.54, 1.807) is 0 Å². The highest BCUT2D eigenvalue weighted by molar-refractivity contribution is 6.31. The highest BCUT2D eigenvalue weighted by Gasteiger charge is 2.36. The van der Waals surface area contributed by atoms with Crippen LogP contribution in [-0.2, 0) is 5.54 Å². The van der Waals surface area contributed by atoms with E-state index >= 15 is 0 Å². The summed E-state index contributed by atoms with van der Waals surface area (Å²) < 4.78 is 0. The van der Waals surface area contributed by atoms with Crippen molar-refractivity contribution in [2.24, 2.45) is 0 Å². The monoisotopic (exact) mass is 383 g/mol. The van der Waals surface area contributed by atoms with Crippen molar-refractivity contribution in [1.29, 1.82) is 0 Å². The van der Waals surface area contributed by atoms with Gasteiger partial charge >= 0.3 is 0 Å². The fraction of sp³-hybridized carbons (Fsp3) is 0.217. The molecule has 3 heteroatoms. The normalized spacial score (nSPS) is 11.6. The largest absolute Gasteiger partial charge is 0.300 e. The van der Waals surface area contributed by atoms with Crippen LogP contribution < -0.4 is 5.32 Å².